The molecule has 0 saturated heterocycles. The summed E-state index contributed by atoms with van der Waals surface area (Å²) in [5.41, 5.74) is 2.52. The molecule has 0 radical (unpaired) electrons. The van der Waals surface area contributed by atoms with E-state index in [2.05, 4.69) is 36.5 Å². The molecule has 1 aliphatic rings. The SMILES string of the molecule is CCc1ccc(CNC(=O)C2CC2)cc1. The predicted octanol–water partition coefficient (Wildman–Crippen LogP) is 2.28. The largest absolute Gasteiger partial charge is 0.352 e. The van der Waals surface area contributed by atoms with E-state index in [0.29, 0.717) is 12.5 Å². The number of hydrogen-bond donors (Lipinski definition) is 1. The van der Waals surface area contributed by atoms with Crippen molar-refractivity contribution in [3.63, 3.8) is 0 Å². The van der Waals surface area contributed by atoms with E-state index in [9.17, 15) is 4.79 Å². The van der Waals surface area contributed by atoms with Crippen molar-refractivity contribution in [3.8, 4) is 0 Å². The molecule has 0 spiro atoms. The van der Waals surface area contributed by atoms with Gasteiger partial charge in [0.25, 0.3) is 0 Å². The Bertz CT molecular complexity index is 338. The first-order chi connectivity index (χ1) is 7.29. The highest BCUT2D eigenvalue weighted by Crippen LogP contribution is 2.28. The maximum absolute atomic E-state index is 11.4. The zero-order valence-corrected chi connectivity index (χ0v) is 9.12. The molecule has 0 bridgehead atoms. The van der Waals surface area contributed by atoms with E-state index < -0.39 is 0 Å². The molecule has 0 heterocycles. The first-order valence-corrected chi connectivity index (χ1v) is 5.65. The van der Waals surface area contributed by atoms with E-state index in [1.54, 1.807) is 0 Å². The third-order valence-corrected chi connectivity index (χ3v) is 2.85. The van der Waals surface area contributed by atoms with Gasteiger partial charge in [-0.15, -0.1) is 0 Å². The van der Waals surface area contributed by atoms with E-state index in [1.807, 2.05) is 0 Å². The monoisotopic (exact) mass is 203 g/mol. The van der Waals surface area contributed by atoms with E-state index in [0.717, 1.165) is 19.3 Å². The maximum Gasteiger partial charge on any atom is 0.223 e. The topological polar surface area (TPSA) is 29.1 Å². The summed E-state index contributed by atoms with van der Waals surface area (Å²) >= 11 is 0. The number of carbonyl (C=O) groups is 1. The van der Waals surface area contributed by atoms with Crippen molar-refractivity contribution < 1.29 is 4.79 Å². The lowest BCUT2D eigenvalue weighted by atomic mass is 10.1. The van der Waals surface area contributed by atoms with Crippen LogP contribution in [0.25, 0.3) is 0 Å². The fourth-order valence-electron chi connectivity index (χ4n) is 1.57. The fourth-order valence-corrected chi connectivity index (χ4v) is 1.57. The minimum absolute atomic E-state index is 0.217. The van der Waals surface area contributed by atoms with Crippen molar-refractivity contribution in [2.24, 2.45) is 5.92 Å². The summed E-state index contributed by atoms with van der Waals surface area (Å²) in [5.74, 6) is 0.523. The summed E-state index contributed by atoms with van der Waals surface area (Å²) in [7, 11) is 0. The Morgan fingerprint density at radius 2 is 1.87 bits per heavy atom. The summed E-state index contributed by atoms with van der Waals surface area (Å²) in [4.78, 5) is 11.4. The van der Waals surface area contributed by atoms with Gasteiger partial charge < -0.3 is 5.32 Å². The van der Waals surface area contributed by atoms with Crippen LogP contribution >= 0.6 is 0 Å². The molecule has 1 saturated carbocycles. The number of hydrogen-bond acceptors (Lipinski definition) is 1. The Balaban J connectivity index is 1.84. The zero-order valence-electron chi connectivity index (χ0n) is 9.12. The summed E-state index contributed by atoms with van der Waals surface area (Å²) in [5, 5.41) is 2.96. The van der Waals surface area contributed by atoms with Crippen molar-refractivity contribution in [3.05, 3.63) is 35.4 Å². The highest BCUT2D eigenvalue weighted by atomic mass is 16.2. The summed E-state index contributed by atoms with van der Waals surface area (Å²) < 4.78 is 0. The smallest absolute Gasteiger partial charge is 0.223 e. The van der Waals surface area contributed by atoms with E-state index in [1.165, 1.54) is 11.1 Å². The lowest BCUT2D eigenvalue weighted by Crippen LogP contribution is -2.24. The molecule has 1 N–H and O–H groups in total. The Labute approximate surface area is 90.7 Å². The van der Waals surface area contributed by atoms with Gasteiger partial charge in [-0.05, 0) is 30.4 Å². The van der Waals surface area contributed by atoms with Crippen LogP contribution in [-0.2, 0) is 17.8 Å². The number of rotatable bonds is 4. The molecule has 0 atom stereocenters. The molecule has 2 rings (SSSR count). The molecule has 0 aliphatic heterocycles. The molecule has 80 valence electrons. The van der Waals surface area contributed by atoms with Crippen LogP contribution in [0.2, 0.25) is 0 Å². The van der Waals surface area contributed by atoms with Crippen LogP contribution in [0.3, 0.4) is 0 Å². The van der Waals surface area contributed by atoms with Gasteiger partial charge in [-0.1, -0.05) is 31.2 Å². The Morgan fingerprint density at radius 1 is 1.27 bits per heavy atom. The van der Waals surface area contributed by atoms with Crippen molar-refractivity contribution in [2.45, 2.75) is 32.7 Å². The third kappa shape index (κ3) is 2.82. The average molecular weight is 203 g/mol. The second kappa shape index (κ2) is 4.47. The summed E-state index contributed by atoms with van der Waals surface area (Å²) in [6.07, 6.45) is 3.20. The first-order valence-electron chi connectivity index (χ1n) is 5.65. The van der Waals surface area contributed by atoms with Crippen LogP contribution < -0.4 is 5.32 Å². The van der Waals surface area contributed by atoms with Gasteiger partial charge in [-0.3, -0.25) is 4.79 Å². The molecule has 1 aromatic carbocycles. The van der Waals surface area contributed by atoms with Gasteiger partial charge >= 0.3 is 0 Å². The van der Waals surface area contributed by atoms with Gasteiger partial charge in [0, 0.05) is 12.5 Å². The number of nitrogens with one attached hydrogen (secondary N) is 1. The molecule has 1 fully saturated rings. The van der Waals surface area contributed by atoms with Crippen LogP contribution in [0, 0.1) is 5.92 Å². The van der Waals surface area contributed by atoms with Crippen LogP contribution in [0.4, 0.5) is 0 Å². The standard InChI is InChI=1S/C13H17NO/c1-2-10-3-5-11(6-4-10)9-14-13(15)12-7-8-12/h3-6,12H,2,7-9H2,1H3,(H,14,15). The quantitative estimate of drug-likeness (QED) is 0.799. The minimum atomic E-state index is 0.217. The van der Waals surface area contributed by atoms with Crippen molar-refractivity contribution in [1.29, 1.82) is 0 Å². The number of amides is 1. The number of carbonyl (C=O) groups excluding carboxylic acids is 1. The first kappa shape index (κ1) is 10.2. The Kier molecular flexibility index (Phi) is 3.05. The van der Waals surface area contributed by atoms with Gasteiger partial charge in [-0.25, -0.2) is 0 Å². The van der Waals surface area contributed by atoms with Crippen molar-refractivity contribution >= 4 is 5.91 Å². The molecule has 0 unspecified atom stereocenters. The van der Waals surface area contributed by atoms with E-state index in [4.69, 9.17) is 0 Å². The predicted molar refractivity (Wildman–Crippen MR) is 60.4 cm³/mol. The minimum Gasteiger partial charge on any atom is -0.352 e. The molecule has 1 aromatic rings. The average Bonchev–Trinajstić information content (AvgIpc) is 3.10. The molecule has 2 heteroatoms. The van der Waals surface area contributed by atoms with Crippen molar-refractivity contribution in [1.82, 2.24) is 5.32 Å². The summed E-state index contributed by atoms with van der Waals surface area (Å²) in [6.45, 7) is 2.81. The second-order valence-corrected chi connectivity index (χ2v) is 4.16. The van der Waals surface area contributed by atoms with Crippen molar-refractivity contribution in [2.75, 3.05) is 0 Å². The van der Waals surface area contributed by atoms with Gasteiger partial charge in [0.2, 0.25) is 5.91 Å². The normalized spacial score (nSPS) is 15.0. The molecule has 1 amide bonds. The highest BCUT2D eigenvalue weighted by molar-refractivity contribution is 5.80. The highest BCUT2D eigenvalue weighted by Gasteiger charge is 2.29. The Hall–Kier alpha value is -1.31. The van der Waals surface area contributed by atoms with E-state index in [-0.39, 0.29) is 5.91 Å². The molecule has 2 nitrogen and oxygen atoms in total. The third-order valence-electron chi connectivity index (χ3n) is 2.85. The number of benzene rings is 1. The van der Waals surface area contributed by atoms with Gasteiger partial charge in [0.05, 0.1) is 0 Å². The summed E-state index contributed by atoms with van der Waals surface area (Å²) in [6, 6.07) is 8.43. The lowest BCUT2D eigenvalue weighted by Gasteiger charge is -2.05. The van der Waals surface area contributed by atoms with Gasteiger partial charge in [0.1, 0.15) is 0 Å². The Morgan fingerprint density at radius 3 is 2.40 bits per heavy atom. The van der Waals surface area contributed by atoms with Crippen LogP contribution in [0.15, 0.2) is 24.3 Å². The maximum atomic E-state index is 11.4. The van der Waals surface area contributed by atoms with E-state index >= 15 is 0 Å². The molecular formula is C13H17NO. The molecule has 0 aromatic heterocycles. The van der Waals surface area contributed by atoms with Gasteiger partial charge in [-0.2, -0.15) is 0 Å². The zero-order chi connectivity index (χ0) is 10.7. The lowest BCUT2D eigenvalue weighted by molar-refractivity contribution is -0.122. The number of aryl methyl sites for hydroxylation is 1. The molecule has 15 heavy (non-hydrogen) atoms. The molecular weight excluding hydrogens is 186 g/mol. The fraction of sp³-hybridized carbons (Fsp3) is 0.462. The second-order valence-electron chi connectivity index (χ2n) is 4.16. The van der Waals surface area contributed by atoms with Crippen LogP contribution in [0.1, 0.15) is 30.9 Å². The van der Waals surface area contributed by atoms with Crippen LogP contribution in [0.5, 0.6) is 0 Å². The molecule has 1 aliphatic carbocycles. The van der Waals surface area contributed by atoms with Crippen LogP contribution in [-0.4, -0.2) is 5.91 Å². The van der Waals surface area contributed by atoms with Gasteiger partial charge in [0.15, 0.2) is 0 Å².